The highest BCUT2D eigenvalue weighted by Crippen LogP contribution is 2.18. The third kappa shape index (κ3) is 59.6. The highest BCUT2D eigenvalue weighted by molar-refractivity contribution is 5.76. The Morgan fingerprint density at radius 2 is 0.635 bits per heavy atom. The fourth-order valence-electron chi connectivity index (χ4n) is 10.6. The first-order valence-electron chi connectivity index (χ1n) is 33.6. The Hall–Kier alpha value is -1.66. The van der Waals surface area contributed by atoms with Gasteiger partial charge >= 0.3 is 5.97 Å². The average molecular weight is 1040 g/mol. The second-order valence-electron chi connectivity index (χ2n) is 23.2. The smallest absolute Gasteiger partial charge is 0.305 e. The molecule has 0 saturated carbocycles. The molecule has 1 amide bonds. The molecule has 0 aromatic carbocycles. The lowest BCUT2D eigenvalue weighted by molar-refractivity contribution is -0.143. The number of esters is 1. The van der Waals surface area contributed by atoms with Gasteiger partial charge in [0.2, 0.25) is 5.91 Å². The van der Waals surface area contributed by atoms with Crippen molar-refractivity contribution in [2.24, 2.45) is 0 Å². The van der Waals surface area contributed by atoms with Crippen molar-refractivity contribution in [1.82, 2.24) is 5.32 Å². The lowest BCUT2D eigenvalue weighted by Gasteiger charge is -2.20. The molecule has 438 valence electrons. The van der Waals surface area contributed by atoms with Crippen LogP contribution in [0.3, 0.4) is 0 Å². The Bertz CT molecular complexity index is 1150. The largest absolute Gasteiger partial charge is 0.466 e. The summed E-state index contributed by atoms with van der Waals surface area (Å²) in [5.41, 5.74) is 0. The van der Waals surface area contributed by atoms with Gasteiger partial charge < -0.3 is 20.3 Å². The third-order valence-electron chi connectivity index (χ3n) is 15.7. The van der Waals surface area contributed by atoms with Crippen LogP contribution in [0.25, 0.3) is 0 Å². The molecule has 0 heterocycles. The van der Waals surface area contributed by atoms with Crippen molar-refractivity contribution in [3.05, 3.63) is 24.3 Å². The number of carbonyl (C=O) groups excluding carboxylic acids is 2. The topological polar surface area (TPSA) is 95.9 Å². The Kier molecular flexibility index (Phi) is 62.4. The van der Waals surface area contributed by atoms with E-state index >= 15 is 0 Å². The minimum atomic E-state index is -0.841. The maximum absolute atomic E-state index is 12.5. The van der Waals surface area contributed by atoms with E-state index in [-0.39, 0.29) is 18.5 Å². The normalized spacial score (nSPS) is 12.6. The molecule has 3 N–H and O–H groups in total. The lowest BCUT2D eigenvalue weighted by atomic mass is 10.0. The Morgan fingerprint density at radius 1 is 0.365 bits per heavy atom. The van der Waals surface area contributed by atoms with E-state index in [0.29, 0.717) is 19.4 Å². The van der Waals surface area contributed by atoms with Crippen LogP contribution in [0, 0.1) is 0 Å². The van der Waals surface area contributed by atoms with E-state index in [1.54, 1.807) is 6.08 Å². The average Bonchev–Trinajstić information content (AvgIpc) is 3.40. The first kappa shape index (κ1) is 72.3. The molecule has 74 heavy (non-hydrogen) atoms. The molecule has 0 aromatic rings. The van der Waals surface area contributed by atoms with E-state index in [0.717, 1.165) is 44.9 Å². The van der Waals surface area contributed by atoms with Crippen LogP contribution < -0.4 is 5.32 Å². The predicted octanol–water partition coefficient (Wildman–Crippen LogP) is 21.4. The highest BCUT2D eigenvalue weighted by atomic mass is 16.5. The fraction of sp³-hybridized carbons (Fsp3) is 0.912. The van der Waals surface area contributed by atoms with Gasteiger partial charge in [0, 0.05) is 12.8 Å². The molecule has 0 aliphatic heterocycles. The summed E-state index contributed by atoms with van der Waals surface area (Å²) in [4.78, 5) is 24.5. The Balaban J connectivity index is 3.34. The number of hydrogen-bond acceptors (Lipinski definition) is 5. The van der Waals surface area contributed by atoms with E-state index in [9.17, 15) is 19.8 Å². The molecule has 0 aromatic heterocycles. The molecule has 0 aliphatic rings. The molecule has 0 aliphatic carbocycles. The molecule has 0 rings (SSSR count). The monoisotopic (exact) mass is 1040 g/mol. The fourth-order valence-corrected chi connectivity index (χ4v) is 10.6. The third-order valence-corrected chi connectivity index (χ3v) is 15.7. The molecule has 2 atom stereocenters. The zero-order chi connectivity index (χ0) is 53.6. The molecule has 0 fully saturated rings. The number of nitrogens with one attached hydrogen (secondary N) is 1. The molecule has 0 saturated heterocycles. The van der Waals surface area contributed by atoms with Crippen molar-refractivity contribution in [3.8, 4) is 0 Å². The predicted molar refractivity (Wildman–Crippen MR) is 324 cm³/mol. The van der Waals surface area contributed by atoms with E-state index in [2.05, 4.69) is 31.3 Å². The number of rotatable bonds is 63. The molecular formula is C68H131NO5. The van der Waals surface area contributed by atoms with E-state index in [1.165, 1.54) is 302 Å². The molecule has 6 nitrogen and oxygen atoms in total. The van der Waals surface area contributed by atoms with Gasteiger partial charge in [0.15, 0.2) is 0 Å². The summed E-state index contributed by atoms with van der Waals surface area (Å²) in [5.74, 6) is -0.0521. The first-order chi connectivity index (χ1) is 36.5. The highest BCUT2D eigenvalue weighted by Gasteiger charge is 2.18. The minimum absolute atomic E-state index is 0.0115. The van der Waals surface area contributed by atoms with Gasteiger partial charge in [0.25, 0.3) is 0 Å². The van der Waals surface area contributed by atoms with Crippen molar-refractivity contribution in [2.45, 2.75) is 386 Å². The number of aliphatic hydroxyl groups excluding tert-OH is 2. The van der Waals surface area contributed by atoms with Gasteiger partial charge in [0.05, 0.1) is 25.4 Å². The van der Waals surface area contributed by atoms with Gasteiger partial charge in [-0.2, -0.15) is 0 Å². The SMILES string of the molecule is CCCCCCCCC/C=C\CCCCCCCC(=O)OCCCCCCCCCCCCCCCCCCCCCCCCCCCCCCC(=O)NC(CO)C(O)/C=C/CCCCCCCCCCCCC. The van der Waals surface area contributed by atoms with Crippen molar-refractivity contribution in [2.75, 3.05) is 13.2 Å². The molecule has 0 spiro atoms. The second-order valence-corrected chi connectivity index (χ2v) is 23.2. The zero-order valence-electron chi connectivity index (χ0n) is 50.1. The molecule has 0 bridgehead atoms. The van der Waals surface area contributed by atoms with E-state index in [4.69, 9.17) is 4.74 Å². The van der Waals surface area contributed by atoms with Crippen LogP contribution in [0.2, 0.25) is 0 Å². The summed E-state index contributed by atoms with van der Waals surface area (Å²) in [6.07, 6.45) is 79.6. The van der Waals surface area contributed by atoms with Gasteiger partial charge in [-0.05, 0) is 57.8 Å². The van der Waals surface area contributed by atoms with Crippen molar-refractivity contribution in [1.29, 1.82) is 0 Å². The van der Waals surface area contributed by atoms with Crippen LogP contribution in [0.5, 0.6) is 0 Å². The summed E-state index contributed by atoms with van der Waals surface area (Å²) in [5, 5.41) is 23.1. The van der Waals surface area contributed by atoms with Crippen molar-refractivity contribution >= 4 is 11.9 Å². The van der Waals surface area contributed by atoms with Crippen LogP contribution in [-0.2, 0) is 14.3 Å². The van der Waals surface area contributed by atoms with Crippen LogP contribution in [0.1, 0.15) is 373 Å². The maximum Gasteiger partial charge on any atom is 0.305 e. The number of aliphatic hydroxyl groups is 2. The van der Waals surface area contributed by atoms with Crippen molar-refractivity contribution in [3.63, 3.8) is 0 Å². The molecule has 0 radical (unpaired) electrons. The van der Waals surface area contributed by atoms with Gasteiger partial charge in [-0.3, -0.25) is 9.59 Å². The van der Waals surface area contributed by atoms with E-state index < -0.39 is 12.1 Å². The summed E-state index contributed by atoms with van der Waals surface area (Å²) in [6.45, 7) is 4.92. The van der Waals surface area contributed by atoms with Crippen LogP contribution >= 0.6 is 0 Å². The lowest BCUT2D eigenvalue weighted by Crippen LogP contribution is -2.45. The standard InChI is InChI=1S/C68H131NO5/c1-3-5-7-9-11-13-15-17-18-34-38-42-46-50-54-58-62-68(73)74-63-59-55-51-47-43-39-35-32-30-28-26-24-22-20-19-21-23-25-27-29-31-33-37-41-45-49-53-57-61-67(72)69-65(64-70)66(71)60-56-52-48-44-40-36-16-14-12-10-8-6-4-2/h18,34,56,60,65-66,70-71H,3-17,19-33,35-55,57-59,61-64H2,1-2H3,(H,69,72)/b34-18-,60-56+. The summed E-state index contributed by atoms with van der Waals surface area (Å²) < 4.78 is 5.49. The Labute approximate surface area is 462 Å². The quantitative estimate of drug-likeness (QED) is 0.0320. The molecule has 6 heteroatoms. The zero-order valence-corrected chi connectivity index (χ0v) is 50.1. The van der Waals surface area contributed by atoms with Crippen LogP contribution in [0.15, 0.2) is 24.3 Å². The summed E-state index contributed by atoms with van der Waals surface area (Å²) in [6, 6.07) is -0.624. The number of unbranched alkanes of at least 4 members (excludes halogenated alkanes) is 50. The van der Waals surface area contributed by atoms with Crippen LogP contribution in [-0.4, -0.2) is 47.4 Å². The second kappa shape index (κ2) is 63.9. The summed E-state index contributed by atoms with van der Waals surface area (Å²) >= 11 is 0. The van der Waals surface area contributed by atoms with Crippen molar-refractivity contribution < 1.29 is 24.5 Å². The number of hydrogen-bond donors (Lipinski definition) is 3. The maximum atomic E-state index is 12.5. The number of amides is 1. The van der Waals surface area contributed by atoms with Crippen LogP contribution in [0.4, 0.5) is 0 Å². The van der Waals surface area contributed by atoms with Gasteiger partial charge in [0.1, 0.15) is 0 Å². The molecular weight excluding hydrogens is 911 g/mol. The molecule has 2 unspecified atom stereocenters. The minimum Gasteiger partial charge on any atom is -0.466 e. The Morgan fingerprint density at radius 3 is 0.959 bits per heavy atom. The number of ether oxygens (including phenoxy) is 1. The van der Waals surface area contributed by atoms with E-state index in [1.807, 2.05) is 6.08 Å². The number of carbonyl (C=O) groups is 2. The van der Waals surface area contributed by atoms with Gasteiger partial charge in [-0.15, -0.1) is 0 Å². The summed E-state index contributed by atoms with van der Waals surface area (Å²) in [7, 11) is 0. The van der Waals surface area contributed by atoms with Gasteiger partial charge in [-0.1, -0.05) is 327 Å². The number of allylic oxidation sites excluding steroid dienone is 3. The van der Waals surface area contributed by atoms with Gasteiger partial charge in [-0.25, -0.2) is 0 Å². The first-order valence-corrected chi connectivity index (χ1v) is 33.6.